The molecule has 0 aliphatic rings. The SMILES string of the molecule is CC(C)CCS(=O)(=O)CCN=[N+]=[N-]. The van der Waals surface area contributed by atoms with Gasteiger partial charge >= 0.3 is 0 Å². The number of hydrogen-bond acceptors (Lipinski definition) is 3. The highest BCUT2D eigenvalue weighted by atomic mass is 32.2. The van der Waals surface area contributed by atoms with Gasteiger partial charge in [0.1, 0.15) is 9.84 Å². The Bertz CT molecular complexity index is 278. The van der Waals surface area contributed by atoms with E-state index in [0.29, 0.717) is 12.3 Å². The minimum absolute atomic E-state index is 0.0379. The Kier molecular flexibility index (Phi) is 5.50. The van der Waals surface area contributed by atoms with E-state index in [1.54, 1.807) is 0 Å². The van der Waals surface area contributed by atoms with E-state index in [4.69, 9.17) is 5.53 Å². The van der Waals surface area contributed by atoms with Crippen LogP contribution in [0.2, 0.25) is 0 Å². The zero-order chi connectivity index (χ0) is 10.3. The molecular weight excluding hydrogens is 190 g/mol. The van der Waals surface area contributed by atoms with Crippen molar-refractivity contribution in [1.82, 2.24) is 0 Å². The van der Waals surface area contributed by atoms with Gasteiger partial charge in [-0.1, -0.05) is 19.0 Å². The van der Waals surface area contributed by atoms with Crippen LogP contribution in [-0.2, 0) is 9.84 Å². The number of rotatable bonds is 6. The second-order valence-corrected chi connectivity index (χ2v) is 5.59. The Hall–Kier alpha value is -0.740. The fourth-order valence-corrected chi connectivity index (χ4v) is 2.14. The van der Waals surface area contributed by atoms with Crippen LogP contribution in [0.3, 0.4) is 0 Å². The van der Waals surface area contributed by atoms with Crippen LogP contribution in [-0.4, -0.2) is 26.5 Å². The summed E-state index contributed by atoms with van der Waals surface area (Å²) in [6.07, 6.45) is 0.665. The molecule has 0 aliphatic carbocycles. The molecule has 0 spiro atoms. The Morgan fingerprint density at radius 2 is 2.00 bits per heavy atom. The first-order valence-corrected chi connectivity index (χ1v) is 6.01. The highest BCUT2D eigenvalue weighted by molar-refractivity contribution is 7.91. The average Bonchev–Trinajstić information content (AvgIpc) is 2.02. The maximum atomic E-state index is 11.2. The first-order valence-electron chi connectivity index (χ1n) is 4.19. The topological polar surface area (TPSA) is 82.9 Å². The van der Waals surface area contributed by atoms with Crippen LogP contribution in [0.25, 0.3) is 10.4 Å². The predicted molar refractivity (Wildman–Crippen MR) is 52.1 cm³/mol. The van der Waals surface area contributed by atoms with Gasteiger partial charge in [0.25, 0.3) is 0 Å². The summed E-state index contributed by atoms with van der Waals surface area (Å²) in [4.78, 5) is 2.49. The zero-order valence-electron chi connectivity index (χ0n) is 7.97. The van der Waals surface area contributed by atoms with Crippen LogP contribution in [0.1, 0.15) is 20.3 Å². The lowest BCUT2D eigenvalue weighted by Gasteiger charge is -2.04. The van der Waals surface area contributed by atoms with Crippen molar-refractivity contribution in [3.05, 3.63) is 10.4 Å². The summed E-state index contributed by atoms with van der Waals surface area (Å²) in [5.41, 5.74) is 7.94. The lowest BCUT2D eigenvalue weighted by Crippen LogP contribution is -2.14. The number of sulfone groups is 1. The number of azide groups is 1. The second-order valence-electron chi connectivity index (χ2n) is 3.29. The van der Waals surface area contributed by atoms with Crippen molar-refractivity contribution in [1.29, 1.82) is 0 Å². The van der Waals surface area contributed by atoms with Crippen molar-refractivity contribution in [2.45, 2.75) is 20.3 Å². The maximum Gasteiger partial charge on any atom is 0.150 e. The monoisotopic (exact) mass is 205 g/mol. The van der Waals surface area contributed by atoms with Gasteiger partial charge in [-0.05, 0) is 17.9 Å². The quantitative estimate of drug-likeness (QED) is 0.376. The van der Waals surface area contributed by atoms with Crippen LogP contribution in [0.4, 0.5) is 0 Å². The van der Waals surface area contributed by atoms with Gasteiger partial charge in [0, 0.05) is 11.5 Å². The van der Waals surface area contributed by atoms with Crippen molar-refractivity contribution in [3.8, 4) is 0 Å². The highest BCUT2D eigenvalue weighted by Gasteiger charge is 2.10. The highest BCUT2D eigenvalue weighted by Crippen LogP contribution is 2.03. The van der Waals surface area contributed by atoms with Gasteiger partial charge in [0.2, 0.25) is 0 Å². The summed E-state index contributed by atoms with van der Waals surface area (Å²) < 4.78 is 22.5. The van der Waals surface area contributed by atoms with Gasteiger partial charge in [0.05, 0.1) is 11.5 Å². The van der Waals surface area contributed by atoms with E-state index in [2.05, 4.69) is 10.0 Å². The molecule has 5 nitrogen and oxygen atoms in total. The molecule has 0 unspecified atom stereocenters. The minimum atomic E-state index is -3.01. The summed E-state index contributed by atoms with van der Waals surface area (Å²) in [5, 5.41) is 3.19. The molecule has 0 saturated carbocycles. The fourth-order valence-electron chi connectivity index (χ4n) is 0.742. The molecule has 0 aromatic carbocycles. The molecule has 0 aliphatic heterocycles. The molecular formula is C7H15N3O2S. The van der Waals surface area contributed by atoms with Crippen molar-refractivity contribution >= 4 is 9.84 Å². The molecule has 6 heteroatoms. The fraction of sp³-hybridized carbons (Fsp3) is 1.00. The smallest absolute Gasteiger partial charge is 0.150 e. The van der Waals surface area contributed by atoms with Crippen LogP contribution in [0.15, 0.2) is 5.11 Å². The van der Waals surface area contributed by atoms with Crippen LogP contribution in [0, 0.1) is 5.92 Å². The first kappa shape index (κ1) is 12.3. The van der Waals surface area contributed by atoms with E-state index in [9.17, 15) is 8.42 Å². The third-order valence-electron chi connectivity index (χ3n) is 1.57. The molecule has 0 fully saturated rings. The van der Waals surface area contributed by atoms with Gasteiger partial charge in [-0.3, -0.25) is 0 Å². The van der Waals surface area contributed by atoms with E-state index >= 15 is 0 Å². The molecule has 0 aromatic rings. The van der Waals surface area contributed by atoms with Gasteiger partial charge in [0.15, 0.2) is 0 Å². The Morgan fingerprint density at radius 3 is 2.46 bits per heavy atom. The van der Waals surface area contributed by atoms with Crippen LogP contribution < -0.4 is 0 Å². The van der Waals surface area contributed by atoms with Crippen molar-refractivity contribution in [2.24, 2.45) is 11.0 Å². The standard InChI is InChI=1S/C7H15N3O2S/c1-7(2)3-5-13(11,12)6-4-9-10-8/h7H,3-6H2,1-2H3. The third-order valence-corrected chi connectivity index (χ3v) is 3.23. The summed E-state index contributed by atoms with van der Waals surface area (Å²) in [6.45, 7) is 3.99. The van der Waals surface area contributed by atoms with Crippen molar-refractivity contribution in [3.63, 3.8) is 0 Å². The van der Waals surface area contributed by atoms with E-state index in [1.165, 1.54) is 0 Å². The Balaban J connectivity index is 3.87. The van der Waals surface area contributed by atoms with E-state index in [1.807, 2.05) is 13.8 Å². The normalized spacial score (nSPS) is 11.3. The Labute approximate surface area is 78.7 Å². The van der Waals surface area contributed by atoms with Crippen LogP contribution in [0.5, 0.6) is 0 Å². The maximum absolute atomic E-state index is 11.2. The van der Waals surface area contributed by atoms with E-state index in [-0.39, 0.29) is 18.1 Å². The predicted octanol–water partition coefficient (Wildman–Crippen LogP) is 1.76. The lowest BCUT2D eigenvalue weighted by molar-refractivity contribution is 0.573. The second kappa shape index (κ2) is 5.83. The van der Waals surface area contributed by atoms with Gasteiger partial charge in [-0.25, -0.2) is 8.42 Å². The third kappa shape index (κ3) is 7.62. The minimum Gasteiger partial charge on any atom is -0.229 e. The zero-order valence-corrected chi connectivity index (χ0v) is 8.79. The number of nitrogens with zero attached hydrogens (tertiary/aromatic N) is 3. The molecule has 0 bridgehead atoms. The van der Waals surface area contributed by atoms with Gasteiger partial charge in [-0.2, -0.15) is 0 Å². The number of hydrogen-bond donors (Lipinski definition) is 0. The summed E-state index contributed by atoms with van der Waals surface area (Å²) in [7, 11) is -3.01. The first-order chi connectivity index (χ1) is 5.98. The van der Waals surface area contributed by atoms with E-state index in [0.717, 1.165) is 0 Å². The molecule has 13 heavy (non-hydrogen) atoms. The molecule has 76 valence electrons. The molecule has 0 heterocycles. The molecule has 0 radical (unpaired) electrons. The Morgan fingerprint density at radius 1 is 1.38 bits per heavy atom. The molecule has 0 amide bonds. The van der Waals surface area contributed by atoms with Gasteiger partial charge in [-0.15, -0.1) is 0 Å². The molecule has 0 saturated heterocycles. The molecule has 0 rings (SSSR count). The van der Waals surface area contributed by atoms with Crippen LogP contribution >= 0.6 is 0 Å². The van der Waals surface area contributed by atoms with E-state index < -0.39 is 9.84 Å². The van der Waals surface area contributed by atoms with Gasteiger partial charge < -0.3 is 0 Å². The average molecular weight is 205 g/mol. The molecule has 0 aromatic heterocycles. The summed E-state index contributed by atoms with van der Waals surface area (Å²) >= 11 is 0. The summed E-state index contributed by atoms with van der Waals surface area (Å²) in [5.74, 6) is 0.532. The summed E-state index contributed by atoms with van der Waals surface area (Å²) in [6, 6.07) is 0. The molecule has 0 N–H and O–H groups in total. The molecule has 0 atom stereocenters. The van der Waals surface area contributed by atoms with Crippen molar-refractivity contribution in [2.75, 3.05) is 18.1 Å². The van der Waals surface area contributed by atoms with Crippen molar-refractivity contribution < 1.29 is 8.42 Å². The lowest BCUT2D eigenvalue weighted by atomic mass is 10.2. The largest absolute Gasteiger partial charge is 0.229 e.